The van der Waals surface area contributed by atoms with Crippen LogP contribution in [0.5, 0.6) is 0 Å². The smallest absolute Gasteiger partial charge is 0.240 e. The van der Waals surface area contributed by atoms with E-state index in [1.807, 2.05) is 23.1 Å². The molecule has 2 saturated heterocycles. The van der Waals surface area contributed by atoms with Gasteiger partial charge in [-0.15, -0.1) is 11.8 Å². The van der Waals surface area contributed by atoms with E-state index < -0.39 is 6.04 Å². The molecule has 2 N–H and O–H groups in total. The van der Waals surface area contributed by atoms with Crippen molar-refractivity contribution in [3.63, 3.8) is 0 Å². The second kappa shape index (κ2) is 9.06. The zero-order valence-corrected chi connectivity index (χ0v) is 16.1. The van der Waals surface area contributed by atoms with Crippen molar-refractivity contribution in [1.29, 1.82) is 0 Å². The van der Waals surface area contributed by atoms with Crippen molar-refractivity contribution in [3.05, 3.63) is 30.3 Å². The Hall–Kier alpha value is -1.04. The number of nitrogens with two attached hydrogens (primary N) is 1. The fourth-order valence-electron chi connectivity index (χ4n) is 4.10. The summed E-state index contributed by atoms with van der Waals surface area (Å²) >= 11 is 1.67. The number of thioether (sulfide) groups is 1. The van der Waals surface area contributed by atoms with Crippen LogP contribution in [0.25, 0.3) is 0 Å². The molecule has 0 spiro atoms. The Bertz CT molecular complexity index is 537. The molecule has 3 rings (SSSR count). The zero-order chi connectivity index (χ0) is 17.6. The molecule has 0 bridgehead atoms. The quantitative estimate of drug-likeness (QED) is 0.819. The van der Waals surface area contributed by atoms with Gasteiger partial charge >= 0.3 is 0 Å². The van der Waals surface area contributed by atoms with Crippen LogP contribution in [0.3, 0.4) is 0 Å². The van der Waals surface area contributed by atoms with Crippen molar-refractivity contribution in [2.24, 2.45) is 17.6 Å². The minimum atomic E-state index is -0.398. The van der Waals surface area contributed by atoms with E-state index in [1.165, 1.54) is 30.8 Å². The summed E-state index contributed by atoms with van der Waals surface area (Å²) in [7, 11) is 2.21. The van der Waals surface area contributed by atoms with E-state index in [0.29, 0.717) is 5.75 Å². The monoisotopic (exact) mass is 361 g/mol. The molecule has 2 fully saturated rings. The molecule has 1 atom stereocenters. The van der Waals surface area contributed by atoms with Crippen molar-refractivity contribution in [2.45, 2.75) is 36.6 Å². The molecule has 0 radical (unpaired) electrons. The Balaban J connectivity index is 1.41. The van der Waals surface area contributed by atoms with Gasteiger partial charge in [0.05, 0.1) is 6.04 Å². The zero-order valence-electron chi connectivity index (χ0n) is 15.3. The van der Waals surface area contributed by atoms with Gasteiger partial charge in [0.25, 0.3) is 0 Å². The molecule has 0 aromatic heterocycles. The number of hydrogen-bond acceptors (Lipinski definition) is 4. The predicted octanol–water partition coefficient (Wildman–Crippen LogP) is 2.69. The van der Waals surface area contributed by atoms with Crippen LogP contribution < -0.4 is 5.73 Å². The highest BCUT2D eigenvalue weighted by Crippen LogP contribution is 2.32. The van der Waals surface area contributed by atoms with E-state index in [4.69, 9.17) is 5.73 Å². The molecular formula is C20H31N3OS. The number of nitrogens with zero attached hydrogens (tertiary/aromatic N) is 2. The molecule has 2 heterocycles. The fraction of sp³-hybridized carbons (Fsp3) is 0.650. The van der Waals surface area contributed by atoms with Gasteiger partial charge < -0.3 is 15.5 Å². The van der Waals surface area contributed by atoms with Gasteiger partial charge in [0.15, 0.2) is 0 Å². The minimum absolute atomic E-state index is 0.130. The average molecular weight is 362 g/mol. The lowest BCUT2D eigenvalue weighted by molar-refractivity contribution is -0.133. The largest absolute Gasteiger partial charge is 0.341 e. The van der Waals surface area contributed by atoms with Gasteiger partial charge in [-0.05, 0) is 69.8 Å². The number of benzene rings is 1. The third-order valence-corrected chi connectivity index (χ3v) is 6.90. The Morgan fingerprint density at radius 1 is 1.08 bits per heavy atom. The molecule has 0 saturated carbocycles. The molecule has 4 nitrogen and oxygen atoms in total. The van der Waals surface area contributed by atoms with Crippen LogP contribution in [-0.4, -0.2) is 60.7 Å². The highest BCUT2D eigenvalue weighted by molar-refractivity contribution is 7.99. The van der Waals surface area contributed by atoms with E-state index in [0.717, 1.165) is 37.8 Å². The van der Waals surface area contributed by atoms with E-state index in [1.54, 1.807) is 11.8 Å². The highest BCUT2D eigenvalue weighted by atomic mass is 32.2. The van der Waals surface area contributed by atoms with Crippen LogP contribution in [0.15, 0.2) is 35.2 Å². The van der Waals surface area contributed by atoms with Gasteiger partial charge in [-0.25, -0.2) is 0 Å². The summed E-state index contributed by atoms with van der Waals surface area (Å²) in [5, 5.41) is 0. The molecule has 2 aliphatic heterocycles. The first-order chi connectivity index (χ1) is 12.1. The topological polar surface area (TPSA) is 49.6 Å². The van der Waals surface area contributed by atoms with Crippen molar-refractivity contribution >= 4 is 17.7 Å². The van der Waals surface area contributed by atoms with Crippen LogP contribution in [0.4, 0.5) is 0 Å². The molecule has 5 heteroatoms. The Morgan fingerprint density at radius 2 is 1.64 bits per heavy atom. The maximum absolute atomic E-state index is 12.6. The molecule has 1 amide bonds. The average Bonchev–Trinajstić information content (AvgIpc) is 2.67. The van der Waals surface area contributed by atoms with E-state index >= 15 is 0 Å². The highest BCUT2D eigenvalue weighted by Gasteiger charge is 2.31. The van der Waals surface area contributed by atoms with E-state index in [-0.39, 0.29) is 5.91 Å². The molecule has 138 valence electrons. The van der Waals surface area contributed by atoms with Gasteiger partial charge in [0.1, 0.15) is 0 Å². The summed E-state index contributed by atoms with van der Waals surface area (Å²) in [6.45, 7) is 4.23. The van der Waals surface area contributed by atoms with Crippen molar-refractivity contribution in [2.75, 3.05) is 39.0 Å². The second-order valence-electron chi connectivity index (χ2n) is 7.53. The standard InChI is InChI=1S/C20H31N3OS/c1-22-11-7-16(8-12-22)17-9-13-23(14-10-17)20(24)19(21)15-25-18-5-3-2-4-6-18/h2-6,16-17,19H,7-15,21H2,1H3/t19-/m1/s1. The molecule has 25 heavy (non-hydrogen) atoms. The molecule has 0 unspecified atom stereocenters. The van der Waals surface area contributed by atoms with E-state index in [9.17, 15) is 4.79 Å². The summed E-state index contributed by atoms with van der Waals surface area (Å²) in [4.78, 5) is 18.2. The Kier molecular flexibility index (Phi) is 6.79. The van der Waals surface area contributed by atoms with Crippen molar-refractivity contribution in [1.82, 2.24) is 9.80 Å². The van der Waals surface area contributed by atoms with Crippen molar-refractivity contribution in [3.8, 4) is 0 Å². The predicted molar refractivity (Wildman–Crippen MR) is 105 cm³/mol. The number of rotatable bonds is 5. The summed E-state index contributed by atoms with van der Waals surface area (Å²) < 4.78 is 0. The molecule has 1 aromatic carbocycles. The SMILES string of the molecule is CN1CCC(C2CCN(C(=O)[C@H](N)CSc3ccccc3)CC2)CC1. The van der Waals surface area contributed by atoms with Crippen LogP contribution in [0.1, 0.15) is 25.7 Å². The van der Waals surface area contributed by atoms with Crippen LogP contribution in [0.2, 0.25) is 0 Å². The van der Waals surface area contributed by atoms with Crippen molar-refractivity contribution < 1.29 is 4.79 Å². The number of hydrogen-bond donors (Lipinski definition) is 1. The molecule has 2 aliphatic rings. The first-order valence-corrected chi connectivity index (χ1v) is 10.5. The lowest BCUT2D eigenvalue weighted by atomic mass is 9.79. The first kappa shape index (κ1) is 18.7. The van der Waals surface area contributed by atoms with Gasteiger partial charge in [-0.2, -0.15) is 0 Å². The number of likely N-dealkylation sites (tertiary alicyclic amines) is 2. The Labute approximate surface area is 156 Å². The lowest BCUT2D eigenvalue weighted by Gasteiger charge is -2.40. The molecule has 1 aromatic rings. The lowest BCUT2D eigenvalue weighted by Crippen LogP contribution is -2.49. The number of amides is 1. The second-order valence-corrected chi connectivity index (χ2v) is 8.63. The van der Waals surface area contributed by atoms with E-state index in [2.05, 4.69) is 24.1 Å². The number of carbonyl (C=O) groups excluding carboxylic acids is 1. The number of piperidine rings is 2. The minimum Gasteiger partial charge on any atom is -0.341 e. The molecular weight excluding hydrogens is 330 g/mol. The van der Waals surface area contributed by atoms with Gasteiger partial charge in [-0.1, -0.05) is 18.2 Å². The summed E-state index contributed by atoms with van der Waals surface area (Å²) in [5.41, 5.74) is 6.17. The third-order valence-electron chi connectivity index (χ3n) is 5.77. The summed E-state index contributed by atoms with van der Waals surface area (Å²) in [6.07, 6.45) is 4.95. The Morgan fingerprint density at radius 3 is 2.24 bits per heavy atom. The van der Waals surface area contributed by atoms with Gasteiger partial charge in [0.2, 0.25) is 5.91 Å². The maximum Gasteiger partial charge on any atom is 0.240 e. The summed E-state index contributed by atoms with van der Waals surface area (Å²) in [5.74, 6) is 2.44. The van der Waals surface area contributed by atoms with Gasteiger partial charge in [0, 0.05) is 23.7 Å². The first-order valence-electron chi connectivity index (χ1n) is 9.54. The molecule has 0 aliphatic carbocycles. The van der Waals surface area contributed by atoms with Gasteiger partial charge in [-0.3, -0.25) is 4.79 Å². The normalized spacial score (nSPS) is 22.1. The fourth-order valence-corrected chi connectivity index (χ4v) is 4.96. The van der Waals surface area contributed by atoms with Crippen LogP contribution >= 0.6 is 11.8 Å². The summed E-state index contributed by atoms with van der Waals surface area (Å²) in [6, 6.07) is 9.77. The third kappa shape index (κ3) is 5.22. The maximum atomic E-state index is 12.6. The van der Waals surface area contributed by atoms with Crippen LogP contribution in [-0.2, 0) is 4.79 Å². The van der Waals surface area contributed by atoms with Crippen LogP contribution in [0, 0.1) is 11.8 Å². The number of carbonyl (C=O) groups is 1.